The first-order valence-corrected chi connectivity index (χ1v) is 8.92. The second-order valence-electron chi connectivity index (χ2n) is 7.29. The third-order valence-corrected chi connectivity index (χ3v) is 4.67. The highest BCUT2D eigenvalue weighted by Gasteiger charge is 2.32. The lowest BCUT2D eigenvalue weighted by Crippen LogP contribution is -2.50. The summed E-state index contributed by atoms with van der Waals surface area (Å²) in [6.07, 6.45) is 2.03. The summed E-state index contributed by atoms with van der Waals surface area (Å²) in [6.45, 7) is 11.0. The average molecular weight is 332 g/mol. The number of rotatable bonds is 5. The second kappa shape index (κ2) is 7.01. The van der Waals surface area contributed by atoms with Crippen molar-refractivity contribution >= 4 is 5.91 Å². The van der Waals surface area contributed by atoms with E-state index >= 15 is 0 Å². The first-order chi connectivity index (χ1) is 11.5. The van der Waals surface area contributed by atoms with Crippen LogP contribution in [0.3, 0.4) is 0 Å². The van der Waals surface area contributed by atoms with Gasteiger partial charge >= 0.3 is 0 Å². The lowest BCUT2D eigenvalue weighted by atomic mass is 10.0. The Labute approximate surface area is 144 Å². The van der Waals surface area contributed by atoms with Crippen LogP contribution in [0.5, 0.6) is 11.5 Å². The molecule has 132 valence electrons. The van der Waals surface area contributed by atoms with Crippen molar-refractivity contribution in [3.8, 4) is 11.5 Å². The Morgan fingerprint density at radius 3 is 2.71 bits per heavy atom. The van der Waals surface area contributed by atoms with Crippen molar-refractivity contribution in [2.75, 3.05) is 39.3 Å². The minimum atomic E-state index is -0.207. The van der Waals surface area contributed by atoms with Crippen molar-refractivity contribution in [2.24, 2.45) is 0 Å². The molecule has 2 aliphatic rings. The number of carbonyl (C=O) groups is 1. The number of fused-ring (bicyclic) bond motifs is 1. The maximum absolute atomic E-state index is 12.4. The summed E-state index contributed by atoms with van der Waals surface area (Å²) in [5, 5.41) is 0. The molecule has 0 unspecified atom stereocenters. The van der Waals surface area contributed by atoms with Crippen LogP contribution in [-0.2, 0) is 11.2 Å². The molecular weight excluding hydrogens is 304 g/mol. The number of para-hydroxylation sites is 1. The topological polar surface area (TPSA) is 42.0 Å². The normalized spacial score (nSPS) is 19.7. The van der Waals surface area contributed by atoms with Crippen LogP contribution in [0.15, 0.2) is 18.2 Å². The highest BCUT2D eigenvalue weighted by molar-refractivity contribution is 5.78. The molecular formula is C19H28N2O3. The number of ether oxygens (including phenoxy) is 2. The van der Waals surface area contributed by atoms with E-state index in [2.05, 4.69) is 31.7 Å². The fraction of sp³-hybridized carbons (Fsp3) is 0.632. The Bertz CT molecular complexity index is 592. The van der Waals surface area contributed by atoms with Gasteiger partial charge in [-0.3, -0.25) is 9.69 Å². The molecule has 1 amide bonds. The minimum absolute atomic E-state index is 0.0565. The van der Waals surface area contributed by atoms with Crippen LogP contribution in [0.25, 0.3) is 0 Å². The lowest BCUT2D eigenvalue weighted by Gasteiger charge is -2.34. The van der Waals surface area contributed by atoms with Gasteiger partial charge in [0, 0.05) is 38.2 Å². The number of hydrogen-bond acceptors (Lipinski definition) is 4. The van der Waals surface area contributed by atoms with E-state index in [0.29, 0.717) is 5.75 Å². The second-order valence-corrected chi connectivity index (χ2v) is 7.29. The minimum Gasteiger partial charge on any atom is -0.483 e. The van der Waals surface area contributed by atoms with Gasteiger partial charge in [0.2, 0.25) is 0 Å². The van der Waals surface area contributed by atoms with Crippen LogP contribution in [0, 0.1) is 0 Å². The van der Waals surface area contributed by atoms with E-state index in [4.69, 9.17) is 9.47 Å². The molecule has 24 heavy (non-hydrogen) atoms. The van der Waals surface area contributed by atoms with Crippen LogP contribution in [0.2, 0.25) is 0 Å². The summed E-state index contributed by atoms with van der Waals surface area (Å²) >= 11 is 0. The average Bonchev–Trinajstić information content (AvgIpc) is 2.88. The fourth-order valence-corrected chi connectivity index (χ4v) is 3.47. The Hall–Kier alpha value is -1.75. The molecule has 0 atom stereocenters. The van der Waals surface area contributed by atoms with E-state index in [-0.39, 0.29) is 18.1 Å². The predicted octanol–water partition coefficient (Wildman–Crippen LogP) is 2.33. The zero-order chi connectivity index (χ0) is 17.2. The smallest absolute Gasteiger partial charge is 0.260 e. The van der Waals surface area contributed by atoms with Gasteiger partial charge < -0.3 is 14.4 Å². The van der Waals surface area contributed by atoms with Crippen molar-refractivity contribution in [1.29, 1.82) is 0 Å². The number of amides is 1. The van der Waals surface area contributed by atoms with E-state index < -0.39 is 0 Å². The first kappa shape index (κ1) is 17.1. The Morgan fingerprint density at radius 2 is 2.00 bits per heavy atom. The number of hydrogen-bond donors (Lipinski definition) is 0. The quantitative estimate of drug-likeness (QED) is 0.830. The predicted molar refractivity (Wildman–Crippen MR) is 93.7 cm³/mol. The van der Waals surface area contributed by atoms with E-state index in [1.807, 2.05) is 17.0 Å². The molecule has 0 radical (unpaired) electrons. The largest absolute Gasteiger partial charge is 0.483 e. The van der Waals surface area contributed by atoms with Gasteiger partial charge in [0.15, 0.2) is 18.1 Å². The van der Waals surface area contributed by atoms with Gasteiger partial charge in [0.05, 0.1) is 0 Å². The first-order valence-electron chi connectivity index (χ1n) is 8.92. The summed E-state index contributed by atoms with van der Waals surface area (Å²) in [5.74, 6) is 1.53. The molecule has 0 spiro atoms. The Kier molecular flexibility index (Phi) is 4.99. The number of benzene rings is 1. The van der Waals surface area contributed by atoms with Gasteiger partial charge in [0.1, 0.15) is 5.60 Å². The zero-order valence-corrected chi connectivity index (χ0v) is 15.0. The third kappa shape index (κ3) is 3.83. The van der Waals surface area contributed by atoms with Crippen LogP contribution in [0.1, 0.15) is 32.8 Å². The van der Waals surface area contributed by atoms with Gasteiger partial charge in [-0.05, 0) is 32.9 Å². The molecule has 0 aliphatic carbocycles. The third-order valence-electron chi connectivity index (χ3n) is 4.67. The molecule has 2 heterocycles. The molecule has 0 N–H and O–H groups in total. The van der Waals surface area contributed by atoms with E-state index in [0.717, 1.165) is 56.9 Å². The van der Waals surface area contributed by atoms with Crippen LogP contribution in [-0.4, -0.2) is 60.6 Å². The highest BCUT2D eigenvalue weighted by Crippen LogP contribution is 2.41. The monoisotopic (exact) mass is 332 g/mol. The number of carbonyl (C=O) groups excluding carboxylic acids is 1. The summed E-state index contributed by atoms with van der Waals surface area (Å²) in [6, 6.07) is 5.91. The van der Waals surface area contributed by atoms with Gasteiger partial charge in [-0.15, -0.1) is 0 Å². The molecule has 2 aliphatic heterocycles. The Balaban J connectivity index is 1.54. The molecule has 1 saturated heterocycles. The van der Waals surface area contributed by atoms with Crippen molar-refractivity contribution in [3.63, 3.8) is 0 Å². The number of nitrogens with zero attached hydrogens (tertiary/aromatic N) is 2. The van der Waals surface area contributed by atoms with Crippen LogP contribution >= 0.6 is 0 Å². The highest BCUT2D eigenvalue weighted by atomic mass is 16.5. The van der Waals surface area contributed by atoms with Gasteiger partial charge in [-0.25, -0.2) is 0 Å². The van der Waals surface area contributed by atoms with Crippen LogP contribution < -0.4 is 9.47 Å². The summed E-state index contributed by atoms with van der Waals surface area (Å²) in [4.78, 5) is 16.7. The standard InChI is InChI=1S/C19H28N2O3/c1-4-8-20-9-11-21(12-10-20)17(22)14-23-16-7-5-6-15-13-19(2,3)24-18(15)16/h5-7H,4,8-14H2,1-3H3. The van der Waals surface area contributed by atoms with Gasteiger partial charge in [-0.2, -0.15) is 0 Å². The zero-order valence-electron chi connectivity index (χ0n) is 15.0. The van der Waals surface area contributed by atoms with E-state index in [1.165, 1.54) is 0 Å². The van der Waals surface area contributed by atoms with E-state index in [9.17, 15) is 4.79 Å². The molecule has 1 aromatic rings. The van der Waals surface area contributed by atoms with E-state index in [1.54, 1.807) is 0 Å². The maximum atomic E-state index is 12.4. The summed E-state index contributed by atoms with van der Waals surface area (Å²) in [5.41, 5.74) is 0.944. The summed E-state index contributed by atoms with van der Waals surface area (Å²) in [7, 11) is 0. The van der Waals surface area contributed by atoms with Crippen LogP contribution in [0.4, 0.5) is 0 Å². The number of piperazine rings is 1. The summed E-state index contributed by atoms with van der Waals surface area (Å²) < 4.78 is 11.8. The molecule has 1 fully saturated rings. The van der Waals surface area contributed by atoms with Crippen molar-refractivity contribution < 1.29 is 14.3 Å². The molecule has 3 rings (SSSR count). The maximum Gasteiger partial charge on any atom is 0.260 e. The van der Waals surface area contributed by atoms with Crippen molar-refractivity contribution in [3.05, 3.63) is 23.8 Å². The molecule has 0 bridgehead atoms. The van der Waals surface area contributed by atoms with Gasteiger partial charge in [0.25, 0.3) is 5.91 Å². The fourth-order valence-electron chi connectivity index (χ4n) is 3.47. The lowest BCUT2D eigenvalue weighted by molar-refractivity contribution is -0.135. The molecule has 0 aromatic heterocycles. The van der Waals surface area contributed by atoms with Crippen molar-refractivity contribution in [1.82, 2.24) is 9.80 Å². The molecule has 5 nitrogen and oxygen atoms in total. The molecule has 0 saturated carbocycles. The SMILES string of the molecule is CCCN1CCN(C(=O)COc2cccc3c2OC(C)(C)C3)CC1. The van der Waals surface area contributed by atoms with Gasteiger partial charge in [-0.1, -0.05) is 19.1 Å². The molecule has 5 heteroatoms. The molecule has 1 aromatic carbocycles. The van der Waals surface area contributed by atoms with Crippen molar-refractivity contribution in [2.45, 2.75) is 39.2 Å². The Morgan fingerprint density at radius 1 is 1.25 bits per heavy atom.